The molecule has 0 saturated heterocycles. The molecule has 1 unspecified atom stereocenters. The molecule has 2 heterocycles. The monoisotopic (exact) mass is 434 g/mol. The molecular weight excluding hydrogens is 415 g/mol. The van der Waals surface area contributed by atoms with Gasteiger partial charge in [0.15, 0.2) is 5.82 Å². The van der Waals surface area contributed by atoms with Crippen molar-refractivity contribution in [3.05, 3.63) is 72.2 Å². The predicted molar refractivity (Wildman–Crippen MR) is 113 cm³/mol. The summed E-state index contributed by atoms with van der Waals surface area (Å²) >= 11 is 0. The number of H-pyrrole nitrogens is 1. The van der Waals surface area contributed by atoms with Gasteiger partial charge in [-0.25, -0.2) is 9.37 Å². The van der Waals surface area contributed by atoms with Crippen molar-refractivity contribution in [2.24, 2.45) is 5.73 Å². The average molecular weight is 434 g/mol. The Balaban J connectivity index is 1.65. The maximum absolute atomic E-state index is 14.7. The molecule has 0 spiro atoms. The number of ether oxygens (including phenoxy) is 1. The number of hydrogen-bond donors (Lipinski definition) is 3. The van der Waals surface area contributed by atoms with E-state index in [-0.39, 0.29) is 24.5 Å². The molecule has 4 N–H and O–H groups in total. The Bertz CT molecular complexity index is 1220. The first-order valence-electron chi connectivity index (χ1n) is 9.72. The second-order valence-corrected chi connectivity index (χ2v) is 7.10. The van der Waals surface area contributed by atoms with Crippen LogP contribution in [0.4, 0.5) is 4.39 Å². The Hall–Kier alpha value is -4.18. The molecule has 0 bridgehead atoms. The third-order valence-electron chi connectivity index (χ3n) is 4.70. The standard InChI is InChI=1S/C22H19FN6O3/c23-18-10-16(21-26-28-29-27-21)12-25-22(18)32-19-7-6-14(13-4-2-1-3-5-13)8-15(19)9-17(24)11-20(30)31/h1-8,10,12,17H,9,11,24H2,(H,30,31)(H,26,27,28,29). The van der Waals surface area contributed by atoms with Crippen molar-refractivity contribution in [3.8, 4) is 34.1 Å². The van der Waals surface area contributed by atoms with Crippen LogP contribution >= 0.6 is 0 Å². The molecule has 32 heavy (non-hydrogen) atoms. The fraction of sp³-hybridized carbons (Fsp3) is 0.136. The summed E-state index contributed by atoms with van der Waals surface area (Å²) in [5.74, 6) is -1.40. The van der Waals surface area contributed by atoms with Gasteiger partial charge in [0.25, 0.3) is 5.88 Å². The van der Waals surface area contributed by atoms with Crippen LogP contribution in [0.15, 0.2) is 60.8 Å². The zero-order chi connectivity index (χ0) is 22.5. The molecule has 2 aromatic heterocycles. The second kappa shape index (κ2) is 9.31. The Morgan fingerprint density at radius 1 is 1.12 bits per heavy atom. The smallest absolute Gasteiger partial charge is 0.304 e. The predicted octanol–water partition coefficient (Wildman–Crippen LogP) is 3.20. The molecule has 4 aromatic rings. The fourth-order valence-electron chi connectivity index (χ4n) is 3.24. The molecule has 0 aliphatic heterocycles. The summed E-state index contributed by atoms with van der Waals surface area (Å²) in [6.07, 6.45) is 1.39. The van der Waals surface area contributed by atoms with Gasteiger partial charge in [-0.2, -0.15) is 5.21 Å². The number of aromatic nitrogens is 5. The molecule has 0 amide bonds. The van der Waals surface area contributed by atoms with Gasteiger partial charge in [-0.15, -0.1) is 10.2 Å². The number of rotatable bonds is 8. The number of carboxylic acids is 1. The van der Waals surface area contributed by atoms with E-state index in [1.54, 1.807) is 6.07 Å². The summed E-state index contributed by atoms with van der Waals surface area (Å²) in [5.41, 5.74) is 8.87. The van der Waals surface area contributed by atoms with E-state index in [4.69, 9.17) is 15.6 Å². The van der Waals surface area contributed by atoms with Gasteiger partial charge in [-0.05, 0) is 46.5 Å². The van der Waals surface area contributed by atoms with Crippen LogP contribution in [0.5, 0.6) is 11.6 Å². The van der Waals surface area contributed by atoms with Gasteiger partial charge in [0, 0.05) is 17.8 Å². The average Bonchev–Trinajstić information content (AvgIpc) is 3.31. The van der Waals surface area contributed by atoms with Gasteiger partial charge in [0.1, 0.15) is 5.75 Å². The number of hydrogen-bond acceptors (Lipinski definition) is 7. The van der Waals surface area contributed by atoms with E-state index in [1.807, 2.05) is 42.5 Å². The highest BCUT2D eigenvalue weighted by Crippen LogP contribution is 2.32. The number of carbonyl (C=O) groups is 1. The van der Waals surface area contributed by atoms with Crippen molar-refractivity contribution in [1.29, 1.82) is 0 Å². The number of benzene rings is 2. The van der Waals surface area contributed by atoms with Gasteiger partial charge in [-0.1, -0.05) is 36.4 Å². The zero-order valence-electron chi connectivity index (χ0n) is 16.8. The molecule has 0 aliphatic rings. The SMILES string of the molecule is NC(CC(=O)O)Cc1cc(-c2ccccc2)ccc1Oc1ncc(-c2nn[nH]n2)cc1F. The molecule has 162 valence electrons. The van der Waals surface area contributed by atoms with E-state index >= 15 is 0 Å². The molecule has 0 aliphatic carbocycles. The maximum atomic E-state index is 14.7. The molecule has 0 radical (unpaired) electrons. The summed E-state index contributed by atoms with van der Waals surface area (Å²) in [6.45, 7) is 0. The minimum Gasteiger partial charge on any atom is -0.481 e. The van der Waals surface area contributed by atoms with Gasteiger partial charge >= 0.3 is 5.97 Å². The van der Waals surface area contributed by atoms with Crippen LogP contribution in [0.25, 0.3) is 22.5 Å². The number of aromatic amines is 1. The fourth-order valence-corrected chi connectivity index (χ4v) is 3.24. The number of nitrogens with one attached hydrogen (secondary N) is 1. The Morgan fingerprint density at radius 3 is 2.62 bits per heavy atom. The van der Waals surface area contributed by atoms with Crippen molar-refractivity contribution in [3.63, 3.8) is 0 Å². The molecule has 9 nitrogen and oxygen atoms in total. The molecule has 1 atom stereocenters. The highest BCUT2D eigenvalue weighted by molar-refractivity contribution is 5.68. The minimum absolute atomic E-state index is 0.204. The molecular formula is C22H19FN6O3. The number of tetrazole rings is 1. The largest absolute Gasteiger partial charge is 0.481 e. The Labute approximate surface area is 182 Å². The first kappa shape index (κ1) is 21.1. The van der Waals surface area contributed by atoms with Crippen LogP contribution in [-0.4, -0.2) is 42.7 Å². The summed E-state index contributed by atoms with van der Waals surface area (Å²) in [7, 11) is 0. The first-order valence-corrected chi connectivity index (χ1v) is 9.72. The summed E-state index contributed by atoms with van der Waals surface area (Å²) in [5, 5.41) is 22.4. The van der Waals surface area contributed by atoms with Gasteiger partial charge in [0.05, 0.1) is 6.42 Å². The Morgan fingerprint density at radius 2 is 1.94 bits per heavy atom. The van der Waals surface area contributed by atoms with E-state index in [9.17, 15) is 9.18 Å². The molecule has 0 saturated carbocycles. The van der Waals surface area contributed by atoms with E-state index in [2.05, 4.69) is 25.6 Å². The van der Waals surface area contributed by atoms with E-state index in [1.165, 1.54) is 12.3 Å². The lowest BCUT2D eigenvalue weighted by Crippen LogP contribution is -2.26. The summed E-state index contributed by atoms with van der Waals surface area (Å²) < 4.78 is 20.4. The van der Waals surface area contributed by atoms with Gasteiger partial charge in [-0.3, -0.25) is 4.79 Å². The van der Waals surface area contributed by atoms with Gasteiger partial charge < -0.3 is 15.6 Å². The van der Waals surface area contributed by atoms with Crippen LogP contribution in [0, 0.1) is 5.82 Å². The quantitative estimate of drug-likeness (QED) is 0.384. The topological polar surface area (TPSA) is 140 Å². The normalized spacial score (nSPS) is 11.8. The maximum Gasteiger partial charge on any atom is 0.304 e. The molecule has 0 fully saturated rings. The van der Waals surface area contributed by atoms with E-state index in [0.29, 0.717) is 16.9 Å². The number of pyridine rings is 1. The lowest BCUT2D eigenvalue weighted by Gasteiger charge is -2.16. The van der Waals surface area contributed by atoms with Crippen molar-refractivity contribution in [2.45, 2.75) is 18.9 Å². The highest BCUT2D eigenvalue weighted by atomic mass is 19.1. The second-order valence-electron chi connectivity index (χ2n) is 7.10. The van der Waals surface area contributed by atoms with E-state index < -0.39 is 17.8 Å². The van der Waals surface area contributed by atoms with Crippen LogP contribution in [0.2, 0.25) is 0 Å². The highest BCUT2D eigenvalue weighted by Gasteiger charge is 2.17. The third-order valence-corrected chi connectivity index (χ3v) is 4.70. The number of nitrogens with two attached hydrogens (primary N) is 1. The summed E-state index contributed by atoms with van der Waals surface area (Å²) in [6, 6.07) is 15.6. The third kappa shape index (κ3) is 4.93. The number of halogens is 1. The summed E-state index contributed by atoms with van der Waals surface area (Å²) in [4.78, 5) is 15.1. The lowest BCUT2D eigenvalue weighted by atomic mass is 9.97. The van der Waals surface area contributed by atoms with Crippen molar-refractivity contribution >= 4 is 5.97 Å². The van der Waals surface area contributed by atoms with Crippen molar-refractivity contribution < 1.29 is 19.0 Å². The lowest BCUT2D eigenvalue weighted by molar-refractivity contribution is -0.137. The first-order chi connectivity index (χ1) is 15.5. The number of aliphatic carboxylic acids is 1. The van der Waals surface area contributed by atoms with Crippen LogP contribution < -0.4 is 10.5 Å². The minimum atomic E-state index is -0.996. The van der Waals surface area contributed by atoms with Crippen LogP contribution in [0.1, 0.15) is 12.0 Å². The Kier molecular flexibility index (Phi) is 6.13. The number of nitrogens with zero attached hydrogens (tertiary/aromatic N) is 4. The van der Waals surface area contributed by atoms with Crippen molar-refractivity contribution in [2.75, 3.05) is 0 Å². The van der Waals surface area contributed by atoms with Gasteiger partial charge in [0.2, 0.25) is 5.82 Å². The zero-order valence-corrected chi connectivity index (χ0v) is 16.8. The van der Waals surface area contributed by atoms with Crippen molar-refractivity contribution in [1.82, 2.24) is 25.6 Å². The number of carboxylic acid groups (broad SMARTS) is 1. The molecule has 2 aromatic carbocycles. The van der Waals surface area contributed by atoms with Crippen LogP contribution in [0.3, 0.4) is 0 Å². The van der Waals surface area contributed by atoms with Crippen LogP contribution in [-0.2, 0) is 11.2 Å². The molecule has 4 rings (SSSR count). The van der Waals surface area contributed by atoms with E-state index in [0.717, 1.165) is 11.1 Å². The molecule has 10 heteroatoms.